The van der Waals surface area contributed by atoms with Crippen LogP contribution in [0.2, 0.25) is 0 Å². The van der Waals surface area contributed by atoms with E-state index >= 15 is 0 Å². The Morgan fingerprint density at radius 3 is 2.42 bits per heavy atom. The number of benzene rings is 2. The van der Waals surface area contributed by atoms with E-state index in [0.29, 0.717) is 16.9 Å². The van der Waals surface area contributed by atoms with Crippen LogP contribution in [0.4, 0.5) is 4.39 Å². The Kier molecular flexibility index (Phi) is 4.38. The summed E-state index contributed by atoms with van der Waals surface area (Å²) in [4.78, 5) is 13.1. The zero-order valence-electron chi connectivity index (χ0n) is 10.9. The van der Waals surface area contributed by atoms with Crippen LogP contribution in [0.15, 0.2) is 47.4 Å². The van der Waals surface area contributed by atoms with Gasteiger partial charge in [-0.1, -0.05) is 17.7 Å². The van der Waals surface area contributed by atoms with Crippen molar-refractivity contribution in [3.8, 4) is 0 Å². The summed E-state index contributed by atoms with van der Waals surface area (Å²) in [6.07, 6.45) is 0. The number of Topliss-reactive ketones (excluding diaryl/α,β-unsaturated/α-hetero) is 1. The molecular weight excluding hydrogens is 259 g/mol. The topological polar surface area (TPSA) is 17.1 Å². The Labute approximate surface area is 116 Å². The molecular formula is C16H15FOS. The second-order valence-electron chi connectivity index (χ2n) is 4.49. The van der Waals surface area contributed by atoms with Gasteiger partial charge in [0.15, 0.2) is 5.78 Å². The molecule has 0 radical (unpaired) electrons. The lowest BCUT2D eigenvalue weighted by molar-refractivity contribution is 0.102. The van der Waals surface area contributed by atoms with E-state index in [1.807, 2.05) is 31.2 Å². The maximum Gasteiger partial charge on any atom is 0.173 e. The predicted octanol–water partition coefficient (Wildman–Crippen LogP) is 4.42. The number of carbonyl (C=O) groups excluding carboxylic acids is 1. The summed E-state index contributed by atoms with van der Waals surface area (Å²) >= 11 is 1.50. The monoisotopic (exact) mass is 274 g/mol. The molecule has 0 aliphatic carbocycles. The minimum atomic E-state index is -0.275. The lowest BCUT2D eigenvalue weighted by Crippen LogP contribution is -2.03. The van der Waals surface area contributed by atoms with E-state index in [4.69, 9.17) is 0 Å². The van der Waals surface area contributed by atoms with E-state index in [9.17, 15) is 9.18 Å². The van der Waals surface area contributed by atoms with Gasteiger partial charge >= 0.3 is 0 Å². The van der Waals surface area contributed by atoms with Crippen molar-refractivity contribution in [2.75, 3.05) is 5.75 Å². The zero-order chi connectivity index (χ0) is 13.8. The van der Waals surface area contributed by atoms with Crippen molar-refractivity contribution in [3.63, 3.8) is 0 Å². The second kappa shape index (κ2) is 6.02. The van der Waals surface area contributed by atoms with Gasteiger partial charge in [-0.2, -0.15) is 0 Å². The fourth-order valence-electron chi connectivity index (χ4n) is 1.68. The molecule has 0 saturated carbocycles. The molecule has 0 atom stereocenters. The summed E-state index contributed by atoms with van der Waals surface area (Å²) in [5.74, 6) is 0.116. The molecule has 0 N–H and O–H groups in total. The third-order valence-electron chi connectivity index (χ3n) is 2.87. The van der Waals surface area contributed by atoms with Crippen molar-refractivity contribution < 1.29 is 9.18 Å². The lowest BCUT2D eigenvalue weighted by atomic mass is 10.1. The van der Waals surface area contributed by atoms with Gasteiger partial charge < -0.3 is 0 Å². The van der Waals surface area contributed by atoms with Crippen molar-refractivity contribution in [1.29, 1.82) is 0 Å². The van der Waals surface area contributed by atoms with E-state index in [2.05, 4.69) is 0 Å². The van der Waals surface area contributed by atoms with E-state index in [0.717, 1.165) is 4.90 Å². The van der Waals surface area contributed by atoms with Gasteiger partial charge in [0, 0.05) is 10.5 Å². The Balaban J connectivity index is 2.01. The van der Waals surface area contributed by atoms with Gasteiger partial charge in [-0.3, -0.25) is 4.79 Å². The molecule has 0 unspecified atom stereocenters. The normalized spacial score (nSPS) is 10.5. The van der Waals surface area contributed by atoms with Crippen LogP contribution >= 0.6 is 11.8 Å². The van der Waals surface area contributed by atoms with Gasteiger partial charge in [-0.05, 0) is 49.7 Å². The van der Waals surface area contributed by atoms with Gasteiger partial charge in [-0.15, -0.1) is 11.8 Å². The number of ketones is 1. The molecule has 0 bridgehead atoms. The van der Waals surface area contributed by atoms with E-state index < -0.39 is 0 Å². The molecule has 2 rings (SSSR count). The van der Waals surface area contributed by atoms with Gasteiger partial charge in [0.2, 0.25) is 0 Å². The highest BCUT2D eigenvalue weighted by Gasteiger charge is 2.08. The number of aryl methyl sites for hydroxylation is 2. The maximum atomic E-state index is 13.1. The number of hydrogen-bond donors (Lipinski definition) is 0. The van der Waals surface area contributed by atoms with Crippen molar-refractivity contribution in [2.24, 2.45) is 0 Å². The molecule has 0 aliphatic heterocycles. The van der Waals surface area contributed by atoms with E-state index in [1.54, 1.807) is 19.1 Å². The quantitative estimate of drug-likeness (QED) is 0.606. The molecule has 0 spiro atoms. The summed E-state index contributed by atoms with van der Waals surface area (Å²) in [5.41, 5.74) is 2.27. The van der Waals surface area contributed by atoms with Crippen LogP contribution in [0.25, 0.3) is 0 Å². The first-order valence-corrected chi connectivity index (χ1v) is 7.03. The highest BCUT2D eigenvalue weighted by atomic mass is 32.2. The number of thioether (sulfide) groups is 1. The van der Waals surface area contributed by atoms with Crippen LogP contribution in [0.3, 0.4) is 0 Å². The Morgan fingerprint density at radius 1 is 1.11 bits per heavy atom. The average Bonchev–Trinajstić information content (AvgIpc) is 2.41. The second-order valence-corrected chi connectivity index (χ2v) is 5.54. The van der Waals surface area contributed by atoms with Crippen molar-refractivity contribution >= 4 is 17.5 Å². The molecule has 0 aliphatic rings. The van der Waals surface area contributed by atoms with Gasteiger partial charge in [0.1, 0.15) is 5.82 Å². The molecule has 0 fully saturated rings. The SMILES string of the molecule is Cc1ccc(SCC(=O)c2ccc(F)c(C)c2)cc1. The van der Waals surface area contributed by atoms with Crippen molar-refractivity contribution in [1.82, 2.24) is 0 Å². The van der Waals surface area contributed by atoms with Crippen LogP contribution in [-0.2, 0) is 0 Å². The number of carbonyl (C=O) groups is 1. The van der Waals surface area contributed by atoms with Crippen LogP contribution in [0.5, 0.6) is 0 Å². The van der Waals surface area contributed by atoms with E-state index in [1.165, 1.54) is 23.4 Å². The highest BCUT2D eigenvalue weighted by Crippen LogP contribution is 2.20. The Bertz CT molecular complexity index is 590. The van der Waals surface area contributed by atoms with Crippen molar-refractivity contribution in [2.45, 2.75) is 18.7 Å². The third-order valence-corrected chi connectivity index (χ3v) is 3.88. The largest absolute Gasteiger partial charge is 0.293 e. The van der Waals surface area contributed by atoms with Crippen LogP contribution in [-0.4, -0.2) is 11.5 Å². The molecule has 2 aromatic rings. The van der Waals surface area contributed by atoms with Crippen LogP contribution in [0, 0.1) is 19.7 Å². The summed E-state index contributed by atoms with van der Waals surface area (Å²) < 4.78 is 13.1. The van der Waals surface area contributed by atoms with Gasteiger partial charge in [-0.25, -0.2) is 4.39 Å². The first kappa shape index (κ1) is 13.8. The lowest BCUT2D eigenvalue weighted by Gasteiger charge is -2.04. The maximum absolute atomic E-state index is 13.1. The predicted molar refractivity (Wildman–Crippen MR) is 77.4 cm³/mol. The van der Waals surface area contributed by atoms with Crippen LogP contribution < -0.4 is 0 Å². The molecule has 0 aromatic heterocycles. The summed E-state index contributed by atoms with van der Waals surface area (Å²) in [7, 11) is 0. The number of hydrogen-bond acceptors (Lipinski definition) is 2. The summed E-state index contributed by atoms with van der Waals surface area (Å²) in [5, 5.41) is 0. The molecule has 0 amide bonds. The number of rotatable bonds is 4. The van der Waals surface area contributed by atoms with Gasteiger partial charge in [0.25, 0.3) is 0 Å². The summed E-state index contributed by atoms with van der Waals surface area (Å²) in [6, 6.07) is 12.5. The fourth-order valence-corrected chi connectivity index (χ4v) is 2.48. The first-order valence-electron chi connectivity index (χ1n) is 6.05. The standard InChI is InChI=1S/C16H15FOS/c1-11-3-6-14(7-4-11)19-10-16(18)13-5-8-15(17)12(2)9-13/h3-9H,10H2,1-2H3. The molecule has 0 heterocycles. The average molecular weight is 274 g/mol. The minimum absolute atomic E-state index is 0.0219. The molecule has 3 heteroatoms. The molecule has 0 saturated heterocycles. The van der Waals surface area contributed by atoms with Crippen LogP contribution in [0.1, 0.15) is 21.5 Å². The smallest absolute Gasteiger partial charge is 0.173 e. The molecule has 19 heavy (non-hydrogen) atoms. The highest BCUT2D eigenvalue weighted by molar-refractivity contribution is 8.00. The third kappa shape index (κ3) is 3.67. The molecule has 1 nitrogen and oxygen atoms in total. The van der Waals surface area contributed by atoms with E-state index in [-0.39, 0.29) is 11.6 Å². The Hall–Kier alpha value is -1.61. The first-order chi connectivity index (χ1) is 9.06. The fraction of sp³-hybridized carbons (Fsp3) is 0.188. The number of halogens is 1. The zero-order valence-corrected chi connectivity index (χ0v) is 11.8. The summed E-state index contributed by atoms with van der Waals surface area (Å²) in [6.45, 7) is 3.69. The molecule has 2 aromatic carbocycles. The molecule has 98 valence electrons. The Morgan fingerprint density at radius 2 is 1.79 bits per heavy atom. The minimum Gasteiger partial charge on any atom is -0.293 e. The van der Waals surface area contributed by atoms with Crippen molar-refractivity contribution in [3.05, 3.63) is 65.0 Å². The van der Waals surface area contributed by atoms with Gasteiger partial charge in [0.05, 0.1) is 5.75 Å².